The van der Waals surface area contributed by atoms with Crippen molar-refractivity contribution in [3.05, 3.63) is 0 Å². The topological polar surface area (TPSA) is 32.5 Å². The van der Waals surface area contributed by atoms with Crippen molar-refractivity contribution in [1.29, 1.82) is 0 Å². The van der Waals surface area contributed by atoms with E-state index in [-0.39, 0.29) is 0 Å². The molecule has 15 heavy (non-hydrogen) atoms. The minimum Gasteiger partial charge on any atom is -0.330 e. The van der Waals surface area contributed by atoms with E-state index in [1.54, 1.807) is 0 Å². The third-order valence-corrected chi connectivity index (χ3v) is 3.49. The van der Waals surface area contributed by atoms with E-state index in [2.05, 4.69) is 30.8 Å². The summed E-state index contributed by atoms with van der Waals surface area (Å²) in [5.41, 5.74) is 5.49. The first kappa shape index (κ1) is 12.9. The van der Waals surface area contributed by atoms with Crippen LogP contribution in [0.4, 0.5) is 0 Å². The number of rotatable bonds is 6. The van der Waals surface area contributed by atoms with Gasteiger partial charge in [-0.15, -0.1) is 0 Å². The highest BCUT2D eigenvalue weighted by Crippen LogP contribution is 2.20. The molecule has 0 radical (unpaired) electrons. The number of unbranched alkanes of at least 4 members (excludes halogenated alkanes) is 2. The highest BCUT2D eigenvalue weighted by atomic mass is 15.2. The molecule has 0 spiro atoms. The smallest absolute Gasteiger partial charge is 0.0254 e. The fourth-order valence-corrected chi connectivity index (χ4v) is 2.56. The second-order valence-corrected chi connectivity index (χ2v) is 5.12. The summed E-state index contributed by atoms with van der Waals surface area (Å²) >= 11 is 0. The Morgan fingerprint density at radius 1 is 1.20 bits per heavy atom. The molecule has 0 aromatic carbocycles. The molecule has 1 saturated heterocycles. The van der Waals surface area contributed by atoms with Gasteiger partial charge in [0, 0.05) is 19.1 Å². The van der Waals surface area contributed by atoms with Gasteiger partial charge in [-0.2, -0.15) is 0 Å². The zero-order chi connectivity index (χ0) is 11.3. The summed E-state index contributed by atoms with van der Waals surface area (Å²) in [5, 5.41) is 0. The van der Waals surface area contributed by atoms with E-state index in [0.717, 1.165) is 18.5 Å². The summed E-state index contributed by atoms with van der Waals surface area (Å²) in [6.07, 6.45) is 3.78. The van der Waals surface area contributed by atoms with Crippen LogP contribution >= 0.6 is 0 Å². The minimum absolute atomic E-state index is 0.750. The Labute approximate surface area is 94.6 Å². The Morgan fingerprint density at radius 3 is 2.47 bits per heavy atom. The van der Waals surface area contributed by atoms with Crippen LogP contribution < -0.4 is 5.73 Å². The normalized spacial score (nSPS) is 27.8. The predicted octanol–water partition coefficient (Wildman–Crippen LogP) is 0.997. The molecule has 0 aromatic heterocycles. The standard InChI is InChI=1S/C12H27N3/c1-11-9-15(8-6-4-5-7-13)10-12(11)14(2)3/h11-12H,4-10,13H2,1-3H3. The largest absolute Gasteiger partial charge is 0.330 e. The van der Waals surface area contributed by atoms with Crippen LogP contribution in [0.5, 0.6) is 0 Å². The first-order valence-corrected chi connectivity index (χ1v) is 6.24. The number of likely N-dealkylation sites (tertiary alicyclic amines) is 1. The first-order valence-electron chi connectivity index (χ1n) is 6.24. The molecule has 1 heterocycles. The molecule has 2 N–H and O–H groups in total. The Bertz CT molecular complexity index is 170. The van der Waals surface area contributed by atoms with E-state index in [4.69, 9.17) is 5.73 Å². The molecule has 90 valence electrons. The van der Waals surface area contributed by atoms with Crippen molar-refractivity contribution in [2.24, 2.45) is 11.7 Å². The fourth-order valence-electron chi connectivity index (χ4n) is 2.56. The summed E-state index contributed by atoms with van der Waals surface area (Å²) in [6, 6.07) is 0.750. The summed E-state index contributed by atoms with van der Waals surface area (Å²) in [5.74, 6) is 0.814. The lowest BCUT2D eigenvalue weighted by Gasteiger charge is -2.22. The number of likely N-dealkylation sites (N-methyl/N-ethyl adjacent to an activating group) is 1. The summed E-state index contributed by atoms with van der Waals surface area (Å²) < 4.78 is 0. The molecule has 1 aliphatic rings. The second kappa shape index (κ2) is 6.46. The molecular formula is C12H27N3. The minimum atomic E-state index is 0.750. The molecule has 3 heteroatoms. The van der Waals surface area contributed by atoms with Gasteiger partial charge in [0.1, 0.15) is 0 Å². The van der Waals surface area contributed by atoms with Gasteiger partial charge in [-0.25, -0.2) is 0 Å². The van der Waals surface area contributed by atoms with E-state index in [9.17, 15) is 0 Å². The molecule has 0 aliphatic carbocycles. The average molecular weight is 213 g/mol. The molecule has 2 unspecified atom stereocenters. The van der Waals surface area contributed by atoms with Crippen LogP contribution in [-0.2, 0) is 0 Å². The molecule has 1 aliphatic heterocycles. The number of hydrogen-bond acceptors (Lipinski definition) is 3. The van der Waals surface area contributed by atoms with Gasteiger partial charge in [0.05, 0.1) is 0 Å². The zero-order valence-electron chi connectivity index (χ0n) is 10.6. The van der Waals surface area contributed by atoms with E-state index >= 15 is 0 Å². The van der Waals surface area contributed by atoms with Crippen LogP contribution in [0.1, 0.15) is 26.2 Å². The van der Waals surface area contributed by atoms with Crippen molar-refractivity contribution < 1.29 is 0 Å². The summed E-state index contributed by atoms with van der Waals surface area (Å²) in [7, 11) is 4.39. The van der Waals surface area contributed by atoms with Crippen LogP contribution in [0.25, 0.3) is 0 Å². The third-order valence-electron chi connectivity index (χ3n) is 3.49. The maximum absolute atomic E-state index is 5.49. The summed E-state index contributed by atoms with van der Waals surface area (Å²) in [6.45, 7) is 6.98. The predicted molar refractivity (Wildman–Crippen MR) is 66.0 cm³/mol. The quantitative estimate of drug-likeness (QED) is 0.668. The molecule has 3 nitrogen and oxygen atoms in total. The van der Waals surface area contributed by atoms with Crippen molar-refractivity contribution in [2.45, 2.75) is 32.2 Å². The Hall–Kier alpha value is -0.120. The van der Waals surface area contributed by atoms with Crippen molar-refractivity contribution >= 4 is 0 Å². The lowest BCUT2D eigenvalue weighted by atomic mass is 10.1. The van der Waals surface area contributed by atoms with Crippen LogP contribution in [0, 0.1) is 5.92 Å². The van der Waals surface area contributed by atoms with Gasteiger partial charge in [-0.05, 0) is 45.9 Å². The first-order chi connectivity index (χ1) is 7.15. The van der Waals surface area contributed by atoms with Crippen molar-refractivity contribution in [1.82, 2.24) is 9.80 Å². The highest BCUT2D eigenvalue weighted by Gasteiger charge is 2.30. The Morgan fingerprint density at radius 2 is 1.93 bits per heavy atom. The van der Waals surface area contributed by atoms with Crippen molar-refractivity contribution in [3.63, 3.8) is 0 Å². The molecule has 2 atom stereocenters. The molecule has 1 fully saturated rings. The van der Waals surface area contributed by atoms with Gasteiger partial charge in [0.2, 0.25) is 0 Å². The zero-order valence-corrected chi connectivity index (χ0v) is 10.6. The van der Waals surface area contributed by atoms with Gasteiger partial charge in [0.25, 0.3) is 0 Å². The third kappa shape index (κ3) is 4.09. The average Bonchev–Trinajstić information content (AvgIpc) is 2.55. The Balaban J connectivity index is 2.17. The van der Waals surface area contributed by atoms with Crippen LogP contribution in [0.15, 0.2) is 0 Å². The van der Waals surface area contributed by atoms with Crippen LogP contribution in [0.2, 0.25) is 0 Å². The van der Waals surface area contributed by atoms with E-state index in [0.29, 0.717) is 0 Å². The van der Waals surface area contributed by atoms with Crippen LogP contribution in [-0.4, -0.2) is 56.1 Å². The van der Waals surface area contributed by atoms with E-state index < -0.39 is 0 Å². The lowest BCUT2D eigenvalue weighted by molar-refractivity contribution is 0.251. The van der Waals surface area contributed by atoms with Crippen LogP contribution in [0.3, 0.4) is 0 Å². The number of nitrogens with two attached hydrogens (primary N) is 1. The number of nitrogens with zero attached hydrogens (tertiary/aromatic N) is 2. The summed E-state index contributed by atoms with van der Waals surface area (Å²) in [4.78, 5) is 4.97. The lowest BCUT2D eigenvalue weighted by Crippen LogP contribution is -2.34. The van der Waals surface area contributed by atoms with Gasteiger partial charge >= 0.3 is 0 Å². The molecule has 0 saturated carbocycles. The molecule has 0 amide bonds. The van der Waals surface area contributed by atoms with Crippen molar-refractivity contribution in [3.8, 4) is 0 Å². The van der Waals surface area contributed by atoms with Gasteiger partial charge in [-0.1, -0.05) is 13.3 Å². The Kier molecular flexibility index (Phi) is 5.58. The maximum atomic E-state index is 5.49. The highest BCUT2D eigenvalue weighted by molar-refractivity contribution is 4.86. The van der Waals surface area contributed by atoms with E-state index in [1.165, 1.54) is 38.9 Å². The van der Waals surface area contributed by atoms with Gasteiger partial charge in [-0.3, -0.25) is 0 Å². The van der Waals surface area contributed by atoms with Gasteiger partial charge < -0.3 is 15.5 Å². The monoisotopic (exact) mass is 213 g/mol. The molecular weight excluding hydrogens is 186 g/mol. The fraction of sp³-hybridized carbons (Fsp3) is 1.00. The van der Waals surface area contributed by atoms with Crippen molar-refractivity contribution in [2.75, 3.05) is 40.3 Å². The van der Waals surface area contributed by atoms with E-state index in [1.807, 2.05) is 0 Å². The molecule has 1 rings (SSSR count). The molecule has 0 bridgehead atoms. The molecule has 0 aromatic rings. The number of hydrogen-bond donors (Lipinski definition) is 1. The maximum Gasteiger partial charge on any atom is 0.0254 e. The SMILES string of the molecule is CC1CN(CCCCCN)CC1N(C)C. The second-order valence-electron chi connectivity index (χ2n) is 5.12. The van der Waals surface area contributed by atoms with Gasteiger partial charge in [0.15, 0.2) is 0 Å².